The Morgan fingerprint density at radius 3 is 2.86 bits per heavy atom. The summed E-state index contributed by atoms with van der Waals surface area (Å²) in [5.41, 5.74) is 2.04. The summed E-state index contributed by atoms with van der Waals surface area (Å²) in [6, 6.07) is 5.40. The van der Waals surface area contributed by atoms with Gasteiger partial charge in [0.05, 0.1) is 5.56 Å². The molecule has 1 aromatic carbocycles. The van der Waals surface area contributed by atoms with Crippen LogP contribution in [0.2, 0.25) is 0 Å². The molecule has 14 heavy (non-hydrogen) atoms. The second-order valence-corrected chi connectivity index (χ2v) is 3.60. The Kier molecular flexibility index (Phi) is 3.89. The maximum atomic E-state index is 10.9. The van der Waals surface area contributed by atoms with Crippen LogP contribution in [-0.4, -0.2) is 16.4 Å². The van der Waals surface area contributed by atoms with E-state index in [9.17, 15) is 4.79 Å². The van der Waals surface area contributed by atoms with E-state index in [1.165, 1.54) is 0 Å². The molecule has 0 aliphatic rings. The number of halogens is 1. The van der Waals surface area contributed by atoms with Crippen LogP contribution in [0.5, 0.6) is 0 Å². The van der Waals surface area contributed by atoms with Crippen LogP contribution in [0.25, 0.3) is 6.08 Å². The minimum atomic E-state index is -0.886. The number of hydrogen-bond donors (Lipinski definition) is 1. The lowest BCUT2D eigenvalue weighted by atomic mass is 10.0. The number of alkyl halides is 1. The summed E-state index contributed by atoms with van der Waals surface area (Å²) >= 11 is 3.25. The molecule has 0 saturated carbocycles. The second kappa shape index (κ2) is 4.96. The normalized spacial score (nSPS) is 10.7. The number of carboxylic acid groups (broad SMARTS) is 1. The van der Waals surface area contributed by atoms with Crippen molar-refractivity contribution in [3.05, 3.63) is 41.0 Å². The molecule has 0 aliphatic carbocycles. The summed E-state index contributed by atoms with van der Waals surface area (Å²) < 4.78 is 0. The predicted octanol–water partition coefficient (Wildman–Crippen LogP) is 3.10. The van der Waals surface area contributed by atoms with Gasteiger partial charge in [0, 0.05) is 5.33 Å². The third-order valence-corrected chi connectivity index (χ3v) is 2.20. The minimum Gasteiger partial charge on any atom is -0.478 e. The molecule has 0 aromatic heterocycles. The fraction of sp³-hybridized carbons (Fsp3) is 0.182. The fourth-order valence-electron chi connectivity index (χ4n) is 1.17. The van der Waals surface area contributed by atoms with Crippen LogP contribution in [0.1, 0.15) is 21.5 Å². The quantitative estimate of drug-likeness (QED) is 0.842. The topological polar surface area (TPSA) is 37.3 Å². The molecular formula is C11H11BrO2. The first-order valence-electron chi connectivity index (χ1n) is 4.21. The fourth-order valence-corrected chi connectivity index (χ4v) is 1.36. The Labute approximate surface area is 91.4 Å². The van der Waals surface area contributed by atoms with E-state index in [1.807, 2.05) is 25.1 Å². The number of aromatic carboxylic acids is 1. The smallest absolute Gasteiger partial charge is 0.336 e. The molecule has 0 spiro atoms. The van der Waals surface area contributed by atoms with E-state index in [0.717, 1.165) is 16.5 Å². The third-order valence-electron chi connectivity index (χ3n) is 1.83. The van der Waals surface area contributed by atoms with Crippen LogP contribution in [-0.2, 0) is 0 Å². The van der Waals surface area contributed by atoms with Crippen LogP contribution in [0, 0.1) is 6.92 Å². The molecule has 0 aliphatic heterocycles. The molecule has 74 valence electrons. The van der Waals surface area contributed by atoms with Crippen LogP contribution >= 0.6 is 15.9 Å². The van der Waals surface area contributed by atoms with Crippen molar-refractivity contribution in [1.82, 2.24) is 0 Å². The Morgan fingerprint density at radius 1 is 1.57 bits per heavy atom. The molecule has 0 unspecified atom stereocenters. The molecular weight excluding hydrogens is 244 g/mol. The van der Waals surface area contributed by atoms with Crippen molar-refractivity contribution >= 4 is 28.0 Å². The number of aryl methyl sites for hydroxylation is 1. The molecule has 1 N–H and O–H groups in total. The van der Waals surface area contributed by atoms with Crippen molar-refractivity contribution in [3.8, 4) is 0 Å². The number of hydrogen-bond acceptors (Lipinski definition) is 1. The molecule has 0 saturated heterocycles. The molecule has 3 heteroatoms. The largest absolute Gasteiger partial charge is 0.478 e. The van der Waals surface area contributed by atoms with E-state index in [0.29, 0.717) is 5.56 Å². The van der Waals surface area contributed by atoms with Crippen LogP contribution in [0.3, 0.4) is 0 Å². The van der Waals surface area contributed by atoms with Crippen molar-refractivity contribution in [2.75, 3.05) is 5.33 Å². The van der Waals surface area contributed by atoms with Crippen molar-refractivity contribution in [2.24, 2.45) is 0 Å². The van der Waals surface area contributed by atoms with E-state index < -0.39 is 5.97 Å². The Hall–Kier alpha value is -1.09. The summed E-state index contributed by atoms with van der Waals surface area (Å²) in [6.07, 6.45) is 3.68. The van der Waals surface area contributed by atoms with Gasteiger partial charge >= 0.3 is 5.97 Å². The monoisotopic (exact) mass is 254 g/mol. The van der Waals surface area contributed by atoms with Gasteiger partial charge in [-0.25, -0.2) is 4.79 Å². The number of rotatable bonds is 3. The van der Waals surface area contributed by atoms with Crippen LogP contribution < -0.4 is 0 Å². The number of benzene rings is 1. The lowest BCUT2D eigenvalue weighted by Crippen LogP contribution is -1.99. The Balaban J connectivity index is 3.15. The van der Waals surface area contributed by atoms with E-state index in [-0.39, 0.29) is 0 Å². The number of carboxylic acids is 1. The Morgan fingerprint density at radius 2 is 2.29 bits per heavy atom. The summed E-state index contributed by atoms with van der Waals surface area (Å²) in [4.78, 5) is 10.9. The molecule has 0 atom stereocenters. The highest BCUT2D eigenvalue weighted by Gasteiger charge is 2.07. The SMILES string of the molecule is Cc1ccc(C=CCBr)c(C(=O)O)c1. The molecule has 0 heterocycles. The first-order valence-corrected chi connectivity index (χ1v) is 5.33. The van der Waals surface area contributed by atoms with Gasteiger partial charge in [-0.05, 0) is 18.6 Å². The minimum absolute atomic E-state index is 0.349. The lowest BCUT2D eigenvalue weighted by molar-refractivity contribution is 0.0696. The maximum Gasteiger partial charge on any atom is 0.336 e. The highest BCUT2D eigenvalue weighted by Crippen LogP contribution is 2.13. The summed E-state index contributed by atoms with van der Waals surface area (Å²) in [7, 11) is 0. The average Bonchev–Trinajstić information content (AvgIpc) is 2.15. The summed E-state index contributed by atoms with van der Waals surface area (Å²) in [5, 5.41) is 9.67. The van der Waals surface area contributed by atoms with Crippen molar-refractivity contribution in [2.45, 2.75) is 6.92 Å². The summed E-state index contributed by atoms with van der Waals surface area (Å²) in [6.45, 7) is 1.88. The van der Waals surface area contributed by atoms with Gasteiger partial charge in [0.15, 0.2) is 0 Å². The van der Waals surface area contributed by atoms with Gasteiger partial charge in [-0.2, -0.15) is 0 Å². The third kappa shape index (κ3) is 2.70. The van der Waals surface area contributed by atoms with Gasteiger partial charge in [0.1, 0.15) is 0 Å². The van der Waals surface area contributed by atoms with Crippen molar-refractivity contribution in [3.63, 3.8) is 0 Å². The molecule has 0 radical (unpaired) electrons. The molecule has 1 aromatic rings. The highest BCUT2D eigenvalue weighted by atomic mass is 79.9. The number of allylic oxidation sites excluding steroid dienone is 1. The van der Waals surface area contributed by atoms with E-state index in [2.05, 4.69) is 15.9 Å². The zero-order valence-corrected chi connectivity index (χ0v) is 9.41. The molecule has 0 amide bonds. The first kappa shape index (κ1) is 11.0. The van der Waals surface area contributed by atoms with Gasteiger partial charge in [0.2, 0.25) is 0 Å². The van der Waals surface area contributed by atoms with Crippen LogP contribution in [0.4, 0.5) is 0 Å². The lowest BCUT2D eigenvalue weighted by Gasteiger charge is -2.02. The van der Waals surface area contributed by atoms with Gasteiger partial charge in [0.25, 0.3) is 0 Å². The van der Waals surface area contributed by atoms with Gasteiger partial charge in [-0.3, -0.25) is 0 Å². The Bertz CT molecular complexity index is 370. The highest BCUT2D eigenvalue weighted by molar-refractivity contribution is 9.09. The second-order valence-electron chi connectivity index (χ2n) is 2.95. The van der Waals surface area contributed by atoms with Gasteiger partial charge in [-0.15, -0.1) is 0 Å². The zero-order valence-electron chi connectivity index (χ0n) is 7.83. The maximum absolute atomic E-state index is 10.9. The van der Waals surface area contributed by atoms with Crippen LogP contribution in [0.15, 0.2) is 24.3 Å². The molecule has 1 rings (SSSR count). The standard InChI is InChI=1S/C11H11BrO2/c1-8-4-5-9(3-2-6-12)10(7-8)11(13)14/h2-5,7H,6H2,1H3,(H,13,14). The average molecular weight is 255 g/mol. The molecule has 2 nitrogen and oxygen atoms in total. The molecule has 0 fully saturated rings. The first-order chi connectivity index (χ1) is 6.65. The van der Waals surface area contributed by atoms with Gasteiger partial charge < -0.3 is 5.11 Å². The predicted molar refractivity (Wildman–Crippen MR) is 61.0 cm³/mol. The van der Waals surface area contributed by atoms with Gasteiger partial charge in [-0.1, -0.05) is 45.8 Å². The van der Waals surface area contributed by atoms with Crippen molar-refractivity contribution in [1.29, 1.82) is 0 Å². The number of carbonyl (C=O) groups is 1. The summed E-state index contributed by atoms with van der Waals surface area (Å²) in [5.74, 6) is -0.886. The van der Waals surface area contributed by atoms with Crippen molar-refractivity contribution < 1.29 is 9.90 Å². The molecule has 0 bridgehead atoms. The van der Waals surface area contributed by atoms with E-state index in [4.69, 9.17) is 5.11 Å². The zero-order chi connectivity index (χ0) is 10.6. The van der Waals surface area contributed by atoms with E-state index >= 15 is 0 Å². The van der Waals surface area contributed by atoms with E-state index in [1.54, 1.807) is 12.1 Å².